The molecule has 5 unspecified atom stereocenters. The van der Waals surface area contributed by atoms with Gasteiger partial charge in [0.15, 0.2) is 0 Å². The van der Waals surface area contributed by atoms with E-state index in [2.05, 4.69) is 37.9 Å². The maximum atomic E-state index is 3.88. The molecule has 0 amide bonds. The van der Waals surface area contributed by atoms with E-state index in [1.54, 1.807) is 0 Å². The zero-order chi connectivity index (χ0) is 15.2. The first-order valence-electron chi connectivity index (χ1n) is 9.63. The van der Waals surface area contributed by atoms with Crippen molar-refractivity contribution in [1.82, 2.24) is 10.2 Å². The molecule has 1 saturated carbocycles. The molecular weight excluding hydrogens is 256 g/mol. The molecule has 1 saturated heterocycles. The van der Waals surface area contributed by atoms with Crippen molar-refractivity contribution in [2.24, 2.45) is 17.8 Å². The molecule has 0 spiro atoms. The summed E-state index contributed by atoms with van der Waals surface area (Å²) in [6.45, 7) is 13.5. The van der Waals surface area contributed by atoms with Crippen molar-refractivity contribution in [3.05, 3.63) is 0 Å². The van der Waals surface area contributed by atoms with Crippen LogP contribution >= 0.6 is 0 Å². The summed E-state index contributed by atoms with van der Waals surface area (Å²) in [7, 11) is 0. The van der Waals surface area contributed by atoms with Crippen LogP contribution in [-0.2, 0) is 0 Å². The van der Waals surface area contributed by atoms with E-state index in [-0.39, 0.29) is 0 Å². The van der Waals surface area contributed by atoms with E-state index in [0.717, 1.165) is 29.8 Å². The Labute approximate surface area is 133 Å². The van der Waals surface area contributed by atoms with Gasteiger partial charge in [0, 0.05) is 12.1 Å². The van der Waals surface area contributed by atoms with E-state index < -0.39 is 0 Å². The Morgan fingerprint density at radius 1 is 1.05 bits per heavy atom. The molecule has 0 aromatic heterocycles. The lowest BCUT2D eigenvalue weighted by atomic mass is 9.75. The van der Waals surface area contributed by atoms with Gasteiger partial charge in [0.2, 0.25) is 0 Å². The molecule has 1 N–H and O–H groups in total. The van der Waals surface area contributed by atoms with Crippen molar-refractivity contribution >= 4 is 0 Å². The number of rotatable bonds is 5. The molecule has 2 rings (SSSR count). The lowest BCUT2D eigenvalue weighted by Gasteiger charge is -2.46. The lowest BCUT2D eigenvalue weighted by Crippen LogP contribution is -2.57. The number of nitrogens with zero attached hydrogens (tertiary/aromatic N) is 1. The van der Waals surface area contributed by atoms with E-state index in [1.165, 1.54) is 64.6 Å². The van der Waals surface area contributed by atoms with Crippen LogP contribution < -0.4 is 5.32 Å². The second kappa shape index (κ2) is 8.53. The lowest BCUT2D eigenvalue weighted by molar-refractivity contribution is 0.0629. The molecule has 0 radical (unpaired) electrons. The second-order valence-corrected chi connectivity index (χ2v) is 7.85. The summed E-state index contributed by atoms with van der Waals surface area (Å²) in [5.74, 6) is 2.72. The first-order valence-corrected chi connectivity index (χ1v) is 9.63. The number of likely N-dealkylation sites (tertiary alicyclic amines) is 1. The average Bonchev–Trinajstić information content (AvgIpc) is 2.69. The standard InChI is InChI=1S/C19H38N2/c1-5-10-20-18-14-15(3)13-16(4)19(18)21-11-7-8-17(6-2)9-12-21/h15-20H,5-14H2,1-4H3. The average molecular weight is 295 g/mol. The fourth-order valence-corrected chi connectivity index (χ4v) is 4.88. The van der Waals surface area contributed by atoms with Gasteiger partial charge in [0.1, 0.15) is 0 Å². The quantitative estimate of drug-likeness (QED) is 0.813. The van der Waals surface area contributed by atoms with Crippen LogP contribution in [0.1, 0.15) is 72.6 Å². The van der Waals surface area contributed by atoms with E-state index in [9.17, 15) is 0 Å². The summed E-state index contributed by atoms with van der Waals surface area (Å²) < 4.78 is 0. The van der Waals surface area contributed by atoms with Crippen LogP contribution in [-0.4, -0.2) is 36.6 Å². The van der Waals surface area contributed by atoms with Gasteiger partial charge in [-0.2, -0.15) is 0 Å². The van der Waals surface area contributed by atoms with Gasteiger partial charge in [-0.25, -0.2) is 0 Å². The van der Waals surface area contributed by atoms with Crippen LogP contribution in [0.25, 0.3) is 0 Å². The molecular formula is C19H38N2. The van der Waals surface area contributed by atoms with Gasteiger partial charge < -0.3 is 5.32 Å². The minimum absolute atomic E-state index is 0.724. The second-order valence-electron chi connectivity index (χ2n) is 7.85. The minimum atomic E-state index is 0.724. The number of hydrogen-bond acceptors (Lipinski definition) is 2. The van der Waals surface area contributed by atoms with Gasteiger partial charge in [0.05, 0.1) is 0 Å². The predicted molar refractivity (Wildman–Crippen MR) is 92.6 cm³/mol. The fraction of sp³-hybridized carbons (Fsp3) is 1.00. The largest absolute Gasteiger partial charge is 0.312 e. The Kier molecular flexibility index (Phi) is 7.01. The van der Waals surface area contributed by atoms with Crippen molar-refractivity contribution in [2.75, 3.05) is 19.6 Å². The maximum Gasteiger partial charge on any atom is 0.0275 e. The van der Waals surface area contributed by atoms with E-state index >= 15 is 0 Å². The number of hydrogen-bond donors (Lipinski definition) is 1. The minimum Gasteiger partial charge on any atom is -0.312 e. The highest BCUT2D eigenvalue weighted by Crippen LogP contribution is 2.34. The Hall–Kier alpha value is -0.0800. The zero-order valence-corrected chi connectivity index (χ0v) is 14.9. The fourth-order valence-electron chi connectivity index (χ4n) is 4.88. The van der Waals surface area contributed by atoms with Crippen molar-refractivity contribution < 1.29 is 0 Å². The normalized spacial score (nSPS) is 39.1. The Balaban J connectivity index is 2.01. The molecule has 1 heterocycles. The van der Waals surface area contributed by atoms with Gasteiger partial charge in [-0.3, -0.25) is 4.90 Å². The van der Waals surface area contributed by atoms with Gasteiger partial charge >= 0.3 is 0 Å². The molecule has 0 aromatic carbocycles. The molecule has 124 valence electrons. The van der Waals surface area contributed by atoms with Crippen LogP contribution in [0.15, 0.2) is 0 Å². The Morgan fingerprint density at radius 3 is 2.57 bits per heavy atom. The van der Waals surface area contributed by atoms with Crippen LogP contribution in [0.2, 0.25) is 0 Å². The van der Waals surface area contributed by atoms with Crippen molar-refractivity contribution in [3.63, 3.8) is 0 Å². The van der Waals surface area contributed by atoms with Crippen molar-refractivity contribution in [3.8, 4) is 0 Å². The molecule has 5 atom stereocenters. The Bertz CT molecular complexity index is 291. The highest BCUT2D eigenvalue weighted by molar-refractivity contribution is 4.94. The summed E-state index contributed by atoms with van der Waals surface area (Å²) >= 11 is 0. The van der Waals surface area contributed by atoms with E-state index in [0.29, 0.717) is 0 Å². The molecule has 0 bridgehead atoms. The highest BCUT2D eigenvalue weighted by atomic mass is 15.2. The molecule has 1 aliphatic carbocycles. The van der Waals surface area contributed by atoms with E-state index in [1.807, 2.05) is 0 Å². The third-order valence-electron chi connectivity index (χ3n) is 5.96. The van der Waals surface area contributed by atoms with Gasteiger partial charge in [-0.1, -0.05) is 34.1 Å². The van der Waals surface area contributed by atoms with Crippen molar-refractivity contribution in [1.29, 1.82) is 0 Å². The molecule has 2 heteroatoms. The van der Waals surface area contributed by atoms with Gasteiger partial charge in [-0.05, 0) is 75.9 Å². The van der Waals surface area contributed by atoms with Gasteiger partial charge in [-0.15, -0.1) is 0 Å². The molecule has 2 aliphatic rings. The first kappa shape index (κ1) is 17.3. The zero-order valence-electron chi connectivity index (χ0n) is 14.9. The molecule has 2 nitrogen and oxygen atoms in total. The van der Waals surface area contributed by atoms with Gasteiger partial charge in [0.25, 0.3) is 0 Å². The molecule has 0 aromatic rings. The van der Waals surface area contributed by atoms with Crippen LogP contribution in [0.4, 0.5) is 0 Å². The first-order chi connectivity index (χ1) is 10.2. The summed E-state index contributed by atoms with van der Waals surface area (Å²) in [6.07, 6.45) is 9.73. The molecule has 21 heavy (non-hydrogen) atoms. The van der Waals surface area contributed by atoms with Crippen LogP contribution in [0.3, 0.4) is 0 Å². The summed E-state index contributed by atoms with van der Waals surface area (Å²) in [5.41, 5.74) is 0. The third-order valence-corrected chi connectivity index (χ3v) is 5.96. The highest BCUT2D eigenvalue weighted by Gasteiger charge is 2.37. The summed E-state index contributed by atoms with van der Waals surface area (Å²) in [5, 5.41) is 3.88. The molecule has 1 aliphatic heterocycles. The predicted octanol–water partition coefficient (Wildman–Crippen LogP) is 4.30. The SMILES string of the molecule is CCCNC1CC(C)CC(C)C1N1CCCC(CC)CC1. The molecule has 2 fully saturated rings. The third kappa shape index (κ3) is 4.69. The van der Waals surface area contributed by atoms with Crippen molar-refractivity contribution in [2.45, 2.75) is 84.7 Å². The Morgan fingerprint density at radius 2 is 1.86 bits per heavy atom. The van der Waals surface area contributed by atoms with E-state index in [4.69, 9.17) is 0 Å². The summed E-state index contributed by atoms with van der Waals surface area (Å²) in [4.78, 5) is 2.86. The smallest absolute Gasteiger partial charge is 0.0275 e. The van der Waals surface area contributed by atoms with Crippen LogP contribution in [0.5, 0.6) is 0 Å². The topological polar surface area (TPSA) is 15.3 Å². The number of nitrogens with one attached hydrogen (secondary N) is 1. The maximum absolute atomic E-state index is 3.88. The monoisotopic (exact) mass is 294 g/mol. The summed E-state index contributed by atoms with van der Waals surface area (Å²) in [6, 6.07) is 1.50. The van der Waals surface area contributed by atoms with Crippen LogP contribution in [0, 0.1) is 17.8 Å².